The minimum Gasteiger partial charge on any atom is -0.367 e. The van der Waals surface area contributed by atoms with E-state index in [4.69, 9.17) is 10.5 Å². The molecule has 1 fully saturated rings. The molecule has 1 aromatic carbocycles. The maximum atomic E-state index is 12.1. The predicted molar refractivity (Wildman–Crippen MR) is 74.5 cm³/mol. The highest BCUT2D eigenvalue weighted by Gasteiger charge is 2.25. The van der Waals surface area contributed by atoms with Gasteiger partial charge in [-0.2, -0.15) is 0 Å². The number of nitrogens with zero attached hydrogens (tertiary/aromatic N) is 1. The van der Waals surface area contributed by atoms with Gasteiger partial charge >= 0.3 is 0 Å². The molecule has 1 atom stereocenters. The Kier molecular flexibility index (Phi) is 5.36. The SMILES string of the molecule is NCC1CCCCN1C(=O)COCc1ccccc1. The summed E-state index contributed by atoms with van der Waals surface area (Å²) in [7, 11) is 0. The fourth-order valence-corrected chi connectivity index (χ4v) is 2.49. The fraction of sp³-hybridized carbons (Fsp3) is 0.533. The molecule has 0 spiro atoms. The van der Waals surface area contributed by atoms with Crippen LogP contribution < -0.4 is 5.73 Å². The van der Waals surface area contributed by atoms with Crippen LogP contribution in [0.15, 0.2) is 30.3 Å². The monoisotopic (exact) mass is 262 g/mol. The summed E-state index contributed by atoms with van der Waals surface area (Å²) >= 11 is 0. The van der Waals surface area contributed by atoms with Gasteiger partial charge in [-0.15, -0.1) is 0 Å². The summed E-state index contributed by atoms with van der Waals surface area (Å²) in [6.07, 6.45) is 3.25. The summed E-state index contributed by atoms with van der Waals surface area (Å²) in [5, 5.41) is 0. The van der Waals surface area contributed by atoms with E-state index >= 15 is 0 Å². The number of ether oxygens (including phenoxy) is 1. The zero-order valence-corrected chi connectivity index (χ0v) is 11.3. The lowest BCUT2D eigenvalue weighted by Crippen LogP contribution is -2.48. The average Bonchev–Trinajstić information content (AvgIpc) is 2.48. The predicted octanol–water partition coefficient (Wildman–Crippen LogP) is 1.54. The quantitative estimate of drug-likeness (QED) is 0.875. The van der Waals surface area contributed by atoms with Gasteiger partial charge in [-0.1, -0.05) is 30.3 Å². The number of carbonyl (C=O) groups excluding carboxylic acids is 1. The summed E-state index contributed by atoms with van der Waals surface area (Å²) < 4.78 is 5.50. The summed E-state index contributed by atoms with van der Waals surface area (Å²) in [4.78, 5) is 14.0. The highest BCUT2D eigenvalue weighted by atomic mass is 16.5. The van der Waals surface area contributed by atoms with Crippen LogP contribution in [0.1, 0.15) is 24.8 Å². The highest BCUT2D eigenvalue weighted by molar-refractivity contribution is 5.77. The Hall–Kier alpha value is -1.39. The van der Waals surface area contributed by atoms with Crippen LogP contribution in [0.5, 0.6) is 0 Å². The number of benzene rings is 1. The first-order chi connectivity index (χ1) is 9.31. The molecule has 1 amide bonds. The maximum Gasteiger partial charge on any atom is 0.248 e. The normalized spacial score (nSPS) is 19.4. The first-order valence-corrected chi connectivity index (χ1v) is 6.92. The van der Waals surface area contributed by atoms with Crippen molar-refractivity contribution >= 4 is 5.91 Å². The van der Waals surface area contributed by atoms with Crippen LogP contribution >= 0.6 is 0 Å². The second-order valence-corrected chi connectivity index (χ2v) is 4.95. The molecule has 1 unspecified atom stereocenters. The van der Waals surface area contributed by atoms with Gasteiger partial charge in [0.15, 0.2) is 0 Å². The molecule has 19 heavy (non-hydrogen) atoms. The van der Waals surface area contributed by atoms with Crippen LogP contribution in [-0.4, -0.2) is 36.5 Å². The van der Waals surface area contributed by atoms with Crippen molar-refractivity contribution < 1.29 is 9.53 Å². The standard InChI is InChI=1S/C15H22N2O2/c16-10-14-8-4-5-9-17(14)15(18)12-19-11-13-6-2-1-3-7-13/h1-3,6-7,14H,4-5,8-12,16H2. The summed E-state index contributed by atoms with van der Waals surface area (Å²) in [5.41, 5.74) is 6.80. The maximum absolute atomic E-state index is 12.1. The lowest BCUT2D eigenvalue weighted by molar-refractivity contribution is -0.140. The number of nitrogens with two attached hydrogens (primary N) is 1. The molecule has 4 heteroatoms. The minimum absolute atomic E-state index is 0.0612. The van der Waals surface area contributed by atoms with Gasteiger partial charge in [0.2, 0.25) is 5.91 Å². The van der Waals surface area contributed by atoms with Gasteiger partial charge in [0, 0.05) is 19.1 Å². The Balaban J connectivity index is 1.77. The summed E-state index contributed by atoms with van der Waals surface area (Å²) in [6, 6.07) is 10.1. The molecular formula is C15H22N2O2. The lowest BCUT2D eigenvalue weighted by atomic mass is 10.0. The minimum atomic E-state index is 0.0612. The number of hydrogen-bond donors (Lipinski definition) is 1. The van der Waals surface area contributed by atoms with Crippen molar-refractivity contribution in [3.8, 4) is 0 Å². The Labute approximate surface area is 114 Å². The van der Waals surface area contributed by atoms with Crippen LogP contribution in [0, 0.1) is 0 Å². The third kappa shape index (κ3) is 4.04. The second-order valence-electron chi connectivity index (χ2n) is 4.95. The van der Waals surface area contributed by atoms with Crippen LogP contribution in [-0.2, 0) is 16.1 Å². The first-order valence-electron chi connectivity index (χ1n) is 6.92. The number of carbonyl (C=O) groups is 1. The van der Waals surface area contributed by atoms with E-state index < -0.39 is 0 Å². The molecule has 1 saturated heterocycles. The van der Waals surface area contributed by atoms with E-state index in [2.05, 4.69) is 0 Å². The van der Waals surface area contributed by atoms with Crippen molar-refractivity contribution in [1.82, 2.24) is 4.90 Å². The van der Waals surface area contributed by atoms with Crippen molar-refractivity contribution in [2.24, 2.45) is 5.73 Å². The van der Waals surface area contributed by atoms with Crippen molar-refractivity contribution in [3.05, 3.63) is 35.9 Å². The molecule has 4 nitrogen and oxygen atoms in total. The molecule has 1 heterocycles. The van der Waals surface area contributed by atoms with Crippen molar-refractivity contribution in [1.29, 1.82) is 0 Å². The Morgan fingerprint density at radius 3 is 2.84 bits per heavy atom. The van der Waals surface area contributed by atoms with Gasteiger partial charge in [-0.3, -0.25) is 4.79 Å². The molecule has 0 saturated carbocycles. The van der Waals surface area contributed by atoms with Crippen molar-refractivity contribution in [2.45, 2.75) is 31.9 Å². The van der Waals surface area contributed by atoms with E-state index in [1.54, 1.807) is 0 Å². The lowest BCUT2D eigenvalue weighted by Gasteiger charge is -2.35. The zero-order valence-electron chi connectivity index (χ0n) is 11.3. The summed E-state index contributed by atoms with van der Waals surface area (Å²) in [6.45, 7) is 1.99. The van der Waals surface area contributed by atoms with Gasteiger partial charge in [0.25, 0.3) is 0 Å². The largest absolute Gasteiger partial charge is 0.367 e. The molecule has 0 aromatic heterocycles. The van der Waals surface area contributed by atoms with E-state index in [9.17, 15) is 4.79 Å². The van der Waals surface area contributed by atoms with Gasteiger partial charge in [0.1, 0.15) is 6.61 Å². The van der Waals surface area contributed by atoms with E-state index in [0.29, 0.717) is 13.2 Å². The molecule has 2 rings (SSSR count). The number of amides is 1. The second kappa shape index (κ2) is 7.26. The van der Waals surface area contributed by atoms with E-state index in [1.807, 2.05) is 35.2 Å². The third-order valence-electron chi connectivity index (χ3n) is 3.56. The molecule has 0 radical (unpaired) electrons. The smallest absolute Gasteiger partial charge is 0.248 e. The number of piperidine rings is 1. The molecule has 104 valence electrons. The molecule has 0 bridgehead atoms. The van der Waals surface area contributed by atoms with Crippen LogP contribution in [0.2, 0.25) is 0 Å². The highest BCUT2D eigenvalue weighted by Crippen LogP contribution is 2.16. The van der Waals surface area contributed by atoms with Crippen LogP contribution in [0.4, 0.5) is 0 Å². The van der Waals surface area contributed by atoms with Crippen LogP contribution in [0.25, 0.3) is 0 Å². The van der Waals surface area contributed by atoms with Gasteiger partial charge in [-0.05, 0) is 24.8 Å². The van der Waals surface area contributed by atoms with E-state index in [-0.39, 0.29) is 18.6 Å². The average molecular weight is 262 g/mol. The molecular weight excluding hydrogens is 240 g/mol. The van der Waals surface area contributed by atoms with Crippen LogP contribution in [0.3, 0.4) is 0 Å². The zero-order chi connectivity index (χ0) is 13.5. The molecule has 1 aliphatic rings. The topological polar surface area (TPSA) is 55.6 Å². The van der Waals surface area contributed by atoms with E-state index in [0.717, 1.165) is 31.4 Å². The third-order valence-corrected chi connectivity index (χ3v) is 3.56. The summed E-state index contributed by atoms with van der Waals surface area (Å²) in [5.74, 6) is 0.0612. The first kappa shape index (κ1) is 14.0. The molecule has 0 aliphatic carbocycles. The molecule has 2 N–H and O–H groups in total. The van der Waals surface area contributed by atoms with Crippen molar-refractivity contribution in [3.63, 3.8) is 0 Å². The van der Waals surface area contributed by atoms with Gasteiger partial charge < -0.3 is 15.4 Å². The number of hydrogen-bond acceptors (Lipinski definition) is 3. The molecule has 1 aromatic rings. The Morgan fingerprint density at radius 1 is 1.32 bits per heavy atom. The molecule has 1 aliphatic heterocycles. The number of rotatable bonds is 5. The van der Waals surface area contributed by atoms with E-state index in [1.165, 1.54) is 0 Å². The van der Waals surface area contributed by atoms with Gasteiger partial charge in [0.05, 0.1) is 6.61 Å². The number of likely N-dealkylation sites (tertiary alicyclic amines) is 1. The van der Waals surface area contributed by atoms with Gasteiger partial charge in [-0.25, -0.2) is 0 Å². The fourth-order valence-electron chi connectivity index (χ4n) is 2.49. The Morgan fingerprint density at radius 2 is 2.11 bits per heavy atom. The Bertz CT molecular complexity index is 394. The van der Waals surface area contributed by atoms with Crippen molar-refractivity contribution in [2.75, 3.05) is 19.7 Å².